The highest BCUT2D eigenvalue weighted by atomic mass is 32.2. The van der Waals surface area contributed by atoms with E-state index in [2.05, 4.69) is 14.8 Å². The molecule has 214 valence electrons. The minimum atomic E-state index is -4.52. The Bertz CT molecular complexity index is 1510. The van der Waals surface area contributed by atoms with E-state index in [0.717, 1.165) is 44.3 Å². The number of halogens is 3. The summed E-state index contributed by atoms with van der Waals surface area (Å²) in [7, 11) is -3.63. The van der Waals surface area contributed by atoms with Gasteiger partial charge in [-0.15, -0.1) is 0 Å². The summed E-state index contributed by atoms with van der Waals surface area (Å²) in [6, 6.07) is 8.99. The van der Waals surface area contributed by atoms with Gasteiger partial charge in [-0.05, 0) is 56.3 Å². The minimum Gasteiger partial charge on any atom is -0.478 e. The molecule has 5 rings (SSSR count). The predicted octanol–water partition coefficient (Wildman–Crippen LogP) is 4.32. The molecule has 1 N–H and O–H groups in total. The van der Waals surface area contributed by atoms with Crippen LogP contribution in [0.2, 0.25) is 0 Å². The summed E-state index contributed by atoms with van der Waals surface area (Å²) in [5.74, 6) is -1.26. The molecule has 0 aliphatic carbocycles. The molecule has 2 aliphatic rings. The van der Waals surface area contributed by atoms with Crippen molar-refractivity contribution in [2.24, 2.45) is 0 Å². The molecule has 1 aromatic heterocycles. The summed E-state index contributed by atoms with van der Waals surface area (Å²) < 4.78 is 69.6. The monoisotopic (exact) mass is 577 g/mol. The second-order valence-corrected chi connectivity index (χ2v) is 12.3. The van der Waals surface area contributed by atoms with Crippen molar-refractivity contribution in [3.8, 4) is 11.3 Å². The Balaban J connectivity index is 1.57. The van der Waals surface area contributed by atoms with Gasteiger partial charge in [-0.2, -0.15) is 13.2 Å². The molecule has 12 heteroatoms. The van der Waals surface area contributed by atoms with E-state index in [1.165, 1.54) is 30.3 Å². The number of aromatic carboxylic acids is 1. The minimum absolute atomic E-state index is 0.0381. The second kappa shape index (κ2) is 11.1. The number of nitrogens with zero attached hydrogens (tertiary/aromatic N) is 3. The van der Waals surface area contributed by atoms with E-state index < -0.39 is 27.5 Å². The lowest BCUT2D eigenvalue weighted by molar-refractivity contribution is -0.137. The van der Waals surface area contributed by atoms with Crippen LogP contribution in [-0.2, 0) is 27.3 Å². The Kier molecular flexibility index (Phi) is 7.88. The molecule has 2 aromatic carbocycles. The van der Waals surface area contributed by atoms with E-state index in [1.54, 1.807) is 0 Å². The Morgan fingerprint density at radius 1 is 1.05 bits per heavy atom. The first-order chi connectivity index (χ1) is 18.9. The van der Waals surface area contributed by atoms with Crippen molar-refractivity contribution in [2.75, 3.05) is 45.6 Å². The fourth-order valence-corrected chi connectivity index (χ4v) is 6.22. The van der Waals surface area contributed by atoms with Crippen LogP contribution in [-0.4, -0.2) is 86.0 Å². The molecule has 2 aliphatic heterocycles. The third-order valence-electron chi connectivity index (χ3n) is 7.69. The van der Waals surface area contributed by atoms with E-state index in [9.17, 15) is 31.5 Å². The lowest BCUT2D eigenvalue weighted by Gasteiger charge is -2.40. The molecule has 0 spiro atoms. The quantitative estimate of drug-likeness (QED) is 0.463. The van der Waals surface area contributed by atoms with Crippen LogP contribution in [0.5, 0.6) is 0 Å². The first kappa shape index (κ1) is 28.5. The van der Waals surface area contributed by atoms with Gasteiger partial charge < -0.3 is 9.84 Å². The number of piperidine rings is 1. The van der Waals surface area contributed by atoms with E-state index >= 15 is 0 Å². The van der Waals surface area contributed by atoms with Crippen molar-refractivity contribution < 1.29 is 36.2 Å². The molecule has 40 heavy (non-hydrogen) atoms. The smallest absolute Gasteiger partial charge is 0.416 e. The van der Waals surface area contributed by atoms with Crippen LogP contribution in [0.15, 0.2) is 47.4 Å². The topological polar surface area (TPSA) is 100 Å². The molecule has 3 heterocycles. The number of alkyl halides is 3. The predicted molar refractivity (Wildman–Crippen MR) is 143 cm³/mol. The average Bonchev–Trinajstić information content (AvgIpc) is 2.92. The fraction of sp³-hybridized carbons (Fsp3) is 0.429. The van der Waals surface area contributed by atoms with Gasteiger partial charge in [0.05, 0.1) is 40.4 Å². The number of rotatable bonds is 6. The number of carbonyl (C=O) groups is 1. The fourth-order valence-electron chi connectivity index (χ4n) is 5.58. The van der Waals surface area contributed by atoms with Crippen LogP contribution in [0.1, 0.15) is 34.3 Å². The van der Waals surface area contributed by atoms with Crippen LogP contribution < -0.4 is 0 Å². The number of carboxylic acids is 1. The van der Waals surface area contributed by atoms with Gasteiger partial charge in [-0.25, -0.2) is 18.2 Å². The van der Waals surface area contributed by atoms with E-state index in [1.807, 2.05) is 0 Å². The summed E-state index contributed by atoms with van der Waals surface area (Å²) in [5, 5.41) is 10.5. The number of hydrogen-bond acceptors (Lipinski definition) is 7. The third kappa shape index (κ3) is 5.99. The zero-order chi connectivity index (χ0) is 28.7. The molecule has 0 radical (unpaired) electrons. The Labute approximate surface area is 230 Å². The number of hydrogen-bond donors (Lipinski definition) is 1. The number of fused-ring (bicyclic) bond motifs is 1. The molecule has 2 fully saturated rings. The van der Waals surface area contributed by atoms with E-state index in [-0.39, 0.29) is 33.6 Å². The number of sulfone groups is 1. The Morgan fingerprint density at radius 2 is 1.70 bits per heavy atom. The highest BCUT2D eigenvalue weighted by Gasteiger charge is 2.31. The van der Waals surface area contributed by atoms with Crippen molar-refractivity contribution in [3.05, 3.63) is 59.2 Å². The normalized spacial score (nSPS) is 18.3. The van der Waals surface area contributed by atoms with Crippen LogP contribution in [0.25, 0.3) is 22.2 Å². The van der Waals surface area contributed by atoms with E-state index in [4.69, 9.17) is 4.74 Å². The van der Waals surface area contributed by atoms with Gasteiger partial charge in [0.25, 0.3) is 0 Å². The molecule has 8 nitrogen and oxygen atoms in total. The van der Waals surface area contributed by atoms with Gasteiger partial charge in [-0.1, -0.05) is 12.1 Å². The maximum atomic E-state index is 13.2. The molecule has 0 atom stereocenters. The number of ether oxygens (including phenoxy) is 1. The molecule has 2 saturated heterocycles. The van der Waals surface area contributed by atoms with Gasteiger partial charge in [0, 0.05) is 48.4 Å². The maximum absolute atomic E-state index is 13.2. The Hall–Kier alpha value is -3.06. The van der Waals surface area contributed by atoms with Crippen molar-refractivity contribution >= 4 is 26.7 Å². The van der Waals surface area contributed by atoms with Gasteiger partial charge in [-0.3, -0.25) is 9.80 Å². The molecule has 3 aromatic rings. The molecular weight excluding hydrogens is 547 g/mol. The maximum Gasteiger partial charge on any atom is 0.416 e. The standard InChI is InChI=1S/C28H30F3N3O5S/c1-40(37,38)21-6-7-24-22(16-21)25(27(35)36)23(26(32-24)18-2-4-19(5-3-18)28(29,30)31)17-33-10-8-20(9-11-33)34-12-14-39-15-13-34/h2-7,16,20H,8-15,17H2,1H3,(H,35,36). The third-order valence-corrected chi connectivity index (χ3v) is 8.80. The molecule has 0 unspecified atom stereocenters. The first-order valence-corrected chi connectivity index (χ1v) is 14.9. The van der Waals surface area contributed by atoms with Crippen molar-refractivity contribution in [1.29, 1.82) is 0 Å². The summed E-state index contributed by atoms with van der Waals surface area (Å²) in [6.45, 7) is 4.78. The molecule has 0 bridgehead atoms. The van der Waals surface area contributed by atoms with Crippen LogP contribution in [0.3, 0.4) is 0 Å². The van der Waals surface area contributed by atoms with E-state index in [0.29, 0.717) is 43.5 Å². The average molecular weight is 578 g/mol. The zero-order valence-corrected chi connectivity index (χ0v) is 22.8. The number of carboxylic acid groups (broad SMARTS) is 1. The summed E-state index contributed by atoms with van der Waals surface area (Å²) >= 11 is 0. The van der Waals surface area contributed by atoms with Crippen molar-refractivity contribution in [2.45, 2.75) is 36.5 Å². The largest absolute Gasteiger partial charge is 0.478 e. The van der Waals surface area contributed by atoms with Gasteiger partial charge in [0.1, 0.15) is 0 Å². The highest BCUT2D eigenvalue weighted by molar-refractivity contribution is 7.90. The molecular formula is C28H30F3N3O5S. The molecule has 0 saturated carbocycles. The van der Waals surface area contributed by atoms with Crippen LogP contribution in [0, 0.1) is 0 Å². The van der Waals surface area contributed by atoms with Crippen molar-refractivity contribution in [3.63, 3.8) is 0 Å². The van der Waals surface area contributed by atoms with Crippen LogP contribution in [0.4, 0.5) is 13.2 Å². The van der Waals surface area contributed by atoms with Gasteiger partial charge in [0.15, 0.2) is 9.84 Å². The van der Waals surface area contributed by atoms with Gasteiger partial charge in [0.2, 0.25) is 0 Å². The summed E-state index contributed by atoms with van der Waals surface area (Å²) in [5.41, 5.74) is 0.286. The second-order valence-electron chi connectivity index (χ2n) is 10.3. The van der Waals surface area contributed by atoms with Crippen LogP contribution >= 0.6 is 0 Å². The number of likely N-dealkylation sites (tertiary alicyclic amines) is 1. The van der Waals surface area contributed by atoms with Crippen molar-refractivity contribution in [1.82, 2.24) is 14.8 Å². The highest BCUT2D eigenvalue weighted by Crippen LogP contribution is 2.35. The zero-order valence-electron chi connectivity index (χ0n) is 21.9. The first-order valence-electron chi connectivity index (χ1n) is 13.0. The number of pyridine rings is 1. The number of aromatic nitrogens is 1. The Morgan fingerprint density at radius 3 is 2.27 bits per heavy atom. The summed E-state index contributed by atoms with van der Waals surface area (Å²) in [6.07, 6.45) is -1.70. The molecule has 0 amide bonds. The van der Waals surface area contributed by atoms with Gasteiger partial charge >= 0.3 is 12.1 Å². The summed E-state index contributed by atoms with van der Waals surface area (Å²) in [4.78, 5) is 21.9. The lowest BCUT2D eigenvalue weighted by atomic mass is 9.94. The number of morpholine rings is 1. The lowest BCUT2D eigenvalue weighted by Crippen LogP contribution is -2.48. The number of benzene rings is 2. The SMILES string of the molecule is CS(=O)(=O)c1ccc2nc(-c3ccc(C(F)(F)F)cc3)c(CN3CCC(N4CCOCC4)CC3)c(C(=O)O)c2c1.